The zero-order valence-electron chi connectivity index (χ0n) is 14.0. The van der Waals surface area contributed by atoms with Crippen molar-refractivity contribution in [2.75, 3.05) is 6.61 Å². The van der Waals surface area contributed by atoms with Gasteiger partial charge in [-0.15, -0.1) is 11.3 Å². The third kappa shape index (κ3) is 2.88. The van der Waals surface area contributed by atoms with E-state index in [4.69, 9.17) is 9.72 Å². The second-order valence-corrected chi connectivity index (χ2v) is 8.81. The molecule has 0 radical (unpaired) electrons. The first-order valence-electron chi connectivity index (χ1n) is 8.40. The molecule has 0 unspecified atom stereocenters. The molecular weight excluding hydrogens is 484 g/mol. The molecule has 3 aromatic rings. The minimum absolute atomic E-state index is 0.0116. The summed E-state index contributed by atoms with van der Waals surface area (Å²) in [7, 11) is 0. The van der Waals surface area contributed by atoms with Crippen molar-refractivity contribution < 1.29 is 9.84 Å². The lowest BCUT2D eigenvalue weighted by Crippen LogP contribution is -2.11. The van der Waals surface area contributed by atoms with E-state index < -0.39 is 0 Å². The number of phenolic OH excluding ortho intramolecular Hbond substituents is 1. The number of thiophene rings is 1. The molecule has 0 aliphatic heterocycles. The van der Waals surface area contributed by atoms with Gasteiger partial charge in [0.15, 0.2) is 11.5 Å². The van der Waals surface area contributed by atoms with Crippen molar-refractivity contribution in [2.45, 2.75) is 32.6 Å². The van der Waals surface area contributed by atoms with Crippen LogP contribution in [0.5, 0.6) is 11.5 Å². The number of fused-ring (bicyclic) bond motifs is 3. The number of rotatable bonds is 3. The highest BCUT2D eigenvalue weighted by atomic mass is 79.9. The molecule has 136 valence electrons. The number of hydrogen-bond donors (Lipinski definition) is 2. The number of halogens is 2. The van der Waals surface area contributed by atoms with E-state index in [-0.39, 0.29) is 11.3 Å². The van der Waals surface area contributed by atoms with Crippen molar-refractivity contribution in [1.29, 1.82) is 0 Å². The lowest BCUT2D eigenvalue weighted by molar-refractivity contribution is 0.317. The largest absolute Gasteiger partial charge is 0.503 e. The zero-order valence-corrected chi connectivity index (χ0v) is 18.0. The van der Waals surface area contributed by atoms with Gasteiger partial charge < -0.3 is 14.8 Å². The molecule has 0 saturated carbocycles. The summed E-state index contributed by atoms with van der Waals surface area (Å²) >= 11 is 8.46. The number of nitrogens with zero attached hydrogens (tertiary/aromatic N) is 1. The standard InChI is InChI=1S/C18H16Br2N2O3S/c1-2-25-10-7-9(13(19)14(20)15(10)23)16-21-17(24)12-8-5-3-4-6-11(8)26-18(12)22-16/h7,23H,2-6H2,1H3,(H,21,22,24). The summed E-state index contributed by atoms with van der Waals surface area (Å²) in [6, 6.07) is 1.69. The fraction of sp³-hybridized carbons (Fsp3) is 0.333. The van der Waals surface area contributed by atoms with E-state index in [0.29, 0.717) is 32.7 Å². The summed E-state index contributed by atoms with van der Waals surface area (Å²) in [5.41, 5.74) is 1.71. The van der Waals surface area contributed by atoms with Crippen LogP contribution in [0.1, 0.15) is 30.2 Å². The summed E-state index contributed by atoms with van der Waals surface area (Å²) < 4.78 is 6.58. The number of benzene rings is 1. The first kappa shape index (κ1) is 18.0. The van der Waals surface area contributed by atoms with Gasteiger partial charge in [-0.05, 0) is 76.1 Å². The Labute approximate surface area is 170 Å². The summed E-state index contributed by atoms with van der Waals surface area (Å²) in [6.07, 6.45) is 4.25. The number of nitrogens with one attached hydrogen (secondary N) is 1. The summed E-state index contributed by atoms with van der Waals surface area (Å²) in [5, 5.41) is 11.0. The predicted molar refractivity (Wildman–Crippen MR) is 111 cm³/mol. The quantitative estimate of drug-likeness (QED) is 0.521. The average molecular weight is 500 g/mol. The van der Waals surface area contributed by atoms with E-state index >= 15 is 0 Å². The van der Waals surface area contributed by atoms with Crippen molar-refractivity contribution in [3.63, 3.8) is 0 Å². The van der Waals surface area contributed by atoms with Gasteiger partial charge in [0.25, 0.3) is 5.56 Å². The number of hydrogen-bond acceptors (Lipinski definition) is 5. The molecule has 0 spiro atoms. The van der Waals surface area contributed by atoms with Crippen LogP contribution in [0.25, 0.3) is 21.6 Å². The topological polar surface area (TPSA) is 75.2 Å². The van der Waals surface area contributed by atoms with Crippen LogP contribution in [0.4, 0.5) is 0 Å². The summed E-state index contributed by atoms with van der Waals surface area (Å²) in [4.78, 5) is 22.5. The van der Waals surface area contributed by atoms with Crippen molar-refractivity contribution in [2.24, 2.45) is 0 Å². The molecule has 4 rings (SSSR count). The first-order valence-corrected chi connectivity index (χ1v) is 10.8. The Morgan fingerprint density at radius 1 is 1.31 bits per heavy atom. The molecule has 0 fully saturated rings. The molecular formula is C18H16Br2N2O3S. The Morgan fingerprint density at radius 3 is 2.85 bits per heavy atom. The van der Waals surface area contributed by atoms with Gasteiger partial charge in [-0.2, -0.15) is 0 Å². The molecule has 8 heteroatoms. The fourth-order valence-electron chi connectivity index (χ4n) is 3.32. The Balaban J connectivity index is 1.94. The van der Waals surface area contributed by atoms with Gasteiger partial charge in [0, 0.05) is 14.9 Å². The third-order valence-corrected chi connectivity index (χ3v) is 7.84. The molecule has 2 N–H and O–H groups in total. The highest BCUT2D eigenvalue weighted by molar-refractivity contribution is 9.13. The second kappa shape index (κ2) is 6.98. The second-order valence-electron chi connectivity index (χ2n) is 6.14. The van der Waals surface area contributed by atoms with Crippen LogP contribution >= 0.6 is 43.2 Å². The molecule has 1 aliphatic rings. The van der Waals surface area contributed by atoms with Gasteiger partial charge >= 0.3 is 0 Å². The first-order chi connectivity index (χ1) is 12.5. The van der Waals surface area contributed by atoms with Crippen LogP contribution < -0.4 is 10.3 Å². The van der Waals surface area contributed by atoms with Crippen LogP contribution in [-0.4, -0.2) is 21.7 Å². The molecule has 26 heavy (non-hydrogen) atoms. The number of aromatic amines is 1. The molecule has 2 aromatic heterocycles. The maximum absolute atomic E-state index is 12.8. The monoisotopic (exact) mass is 498 g/mol. The normalized spacial score (nSPS) is 13.8. The van der Waals surface area contributed by atoms with Crippen LogP contribution in [0.15, 0.2) is 19.8 Å². The van der Waals surface area contributed by atoms with E-state index in [1.807, 2.05) is 6.92 Å². The number of H-pyrrole nitrogens is 1. The molecule has 5 nitrogen and oxygen atoms in total. The highest BCUT2D eigenvalue weighted by Crippen LogP contribution is 2.45. The lowest BCUT2D eigenvalue weighted by atomic mass is 9.97. The maximum Gasteiger partial charge on any atom is 0.260 e. The number of aromatic nitrogens is 2. The van der Waals surface area contributed by atoms with Gasteiger partial charge in [-0.25, -0.2) is 4.98 Å². The predicted octanol–water partition coefficient (Wildman–Crippen LogP) is 5.16. The molecule has 0 amide bonds. The van der Waals surface area contributed by atoms with E-state index in [9.17, 15) is 9.90 Å². The SMILES string of the molecule is CCOc1cc(-c2nc3sc4c(c3c(=O)[nH]2)CCCC4)c(Br)c(Br)c1O. The maximum atomic E-state index is 12.8. The molecule has 1 aliphatic carbocycles. The van der Waals surface area contributed by atoms with Crippen LogP contribution in [0.2, 0.25) is 0 Å². The Bertz CT molecular complexity index is 1070. The van der Waals surface area contributed by atoms with Crippen LogP contribution in [0, 0.1) is 0 Å². The molecule has 2 heterocycles. The lowest BCUT2D eigenvalue weighted by Gasteiger charge is -2.13. The number of aryl methyl sites for hydroxylation is 2. The molecule has 1 aromatic carbocycles. The summed E-state index contributed by atoms with van der Waals surface area (Å²) in [6.45, 7) is 2.26. The van der Waals surface area contributed by atoms with E-state index in [1.165, 1.54) is 11.3 Å². The van der Waals surface area contributed by atoms with Gasteiger partial charge in [-0.1, -0.05) is 0 Å². The zero-order chi connectivity index (χ0) is 18.4. The number of phenols is 1. The summed E-state index contributed by atoms with van der Waals surface area (Å²) in [5.74, 6) is 0.804. The van der Waals surface area contributed by atoms with Crippen molar-refractivity contribution in [1.82, 2.24) is 9.97 Å². The van der Waals surface area contributed by atoms with Gasteiger partial charge in [0.2, 0.25) is 0 Å². The Hall–Kier alpha value is -1.38. The van der Waals surface area contributed by atoms with Crippen molar-refractivity contribution >= 4 is 53.4 Å². The number of aromatic hydroxyl groups is 1. The molecule has 0 bridgehead atoms. The van der Waals surface area contributed by atoms with E-state index in [1.54, 1.807) is 17.4 Å². The highest BCUT2D eigenvalue weighted by Gasteiger charge is 2.22. The van der Waals surface area contributed by atoms with Crippen molar-refractivity contribution in [3.05, 3.63) is 35.8 Å². The van der Waals surface area contributed by atoms with E-state index in [2.05, 4.69) is 36.8 Å². The third-order valence-electron chi connectivity index (χ3n) is 4.53. The molecule has 0 saturated heterocycles. The van der Waals surface area contributed by atoms with Crippen LogP contribution in [0.3, 0.4) is 0 Å². The minimum atomic E-state index is -0.113. The Morgan fingerprint density at radius 2 is 2.08 bits per heavy atom. The number of ether oxygens (including phenoxy) is 1. The Kier molecular flexibility index (Phi) is 4.83. The van der Waals surface area contributed by atoms with Gasteiger partial charge in [0.1, 0.15) is 10.7 Å². The fourth-order valence-corrected chi connectivity index (χ4v) is 5.48. The van der Waals surface area contributed by atoms with Gasteiger partial charge in [-0.3, -0.25) is 4.79 Å². The minimum Gasteiger partial charge on any atom is -0.503 e. The average Bonchev–Trinajstić information content (AvgIpc) is 3.01. The van der Waals surface area contributed by atoms with Crippen molar-refractivity contribution in [3.8, 4) is 22.9 Å². The van der Waals surface area contributed by atoms with E-state index in [0.717, 1.165) is 35.0 Å². The molecule has 0 atom stereocenters. The smallest absolute Gasteiger partial charge is 0.260 e. The van der Waals surface area contributed by atoms with Crippen LogP contribution in [-0.2, 0) is 12.8 Å². The van der Waals surface area contributed by atoms with Gasteiger partial charge in [0.05, 0.1) is 16.5 Å².